The standard InChI is InChI=1S/C14H20FNO5S/c1-9-11(6-5-10(21-4)13(9)15)22(19,20)16-14(2,3)8-7-12(17)18/h5-6,16H,7-8H2,1-4H3,(H,17,18). The van der Waals surface area contributed by atoms with Gasteiger partial charge >= 0.3 is 5.97 Å². The maximum Gasteiger partial charge on any atom is 0.303 e. The van der Waals surface area contributed by atoms with Crippen molar-refractivity contribution in [3.05, 3.63) is 23.5 Å². The number of halogens is 1. The molecule has 0 aromatic heterocycles. The third-order valence-electron chi connectivity index (χ3n) is 3.19. The fourth-order valence-electron chi connectivity index (χ4n) is 1.98. The highest BCUT2D eigenvalue weighted by molar-refractivity contribution is 7.89. The van der Waals surface area contributed by atoms with Crippen LogP contribution in [0.4, 0.5) is 4.39 Å². The quantitative estimate of drug-likeness (QED) is 0.797. The Morgan fingerprint density at radius 1 is 1.41 bits per heavy atom. The molecule has 0 aliphatic rings. The molecule has 8 heteroatoms. The normalized spacial score (nSPS) is 12.2. The largest absolute Gasteiger partial charge is 0.494 e. The van der Waals surface area contributed by atoms with Gasteiger partial charge in [-0.3, -0.25) is 4.79 Å². The summed E-state index contributed by atoms with van der Waals surface area (Å²) in [6.45, 7) is 4.49. The van der Waals surface area contributed by atoms with Crippen molar-refractivity contribution in [3.63, 3.8) is 0 Å². The molecule has 1 rings (SSSR count). The summed E-state index contributed by atoms with van der Waals surface area (Å²) in [7, 11) is -2.69. The first-order valence-corrected chi connectivity index (χ1v) is 8.07. The number of methoxy groups -OCH3 is 1. The lowest BCUT2D eigenvalue weighted by atomic mass is 10.0. The fourth-order valence-corrected chi connectivity index (χ4v) is 3.66. The molecule has 0 aliphatic heterocycles. The molecule has 0 spiro atoms. The monoisotopic (exact) mass is 333 g/mol. The van der Waals surface area contributed by atoms with Crippen molar-refractivity contribution in [1.29, 1.82) is 0 Å². The molecule has 0 bridgehead atoms. The Kier molecular flexibility index (Phi) is 5.53. The summed E-state index contributed by atoms with van der Waals surface area (Å²) in [5.74, 6) is -1.80. The number of carboxylic acid groups (broad SMARTS) is 1. The minimum Gasteiger partial charge on any atom is -0.494 e. The summed E-state index contributed by atoms with van der Waals surface area (Å²) >= 11 is 0. The molecule has 0 saturated carbocycles. The highest BCUT2D eigenvalue weighted by Crippen LogP contribution is 2.27. The molecule has 6 nitrogen and oxygen atoms in total. The lowest BCUT2D eigenvalue weighted by Crippen LogP contribution is -2.43. The molecule has 0 heterocycles. The maximum absolute atomic E-state index is 14.0. The number of sulfonamides is 1. The number of rotatable bonds is 7. The average molecular weight is 333 g/mol. The minimum atomic E-state index is -3.98. The average Bonchev–Trinajstić information content (AvgIpc) is 2.38. The van der Waals surface area contributed by atoms with E-state index in [1.54, 1.807) is 13.8 Å². The van der Waals surface area contributed by atoms with Crippen LogP contribution in [0.15, 0.2) is 17.0 Å². The van der Waals surface area contributed by atoms with Crippen molar-refractivity contribution >= 4 is 16.0 Å². The summed E-state index contributed by atoms with van der Waals surface area (Å²) in [6, 6.07) is 2.49. The molecular formula is C14H20FNO5S. The second-order valence-corrected chi connectivity index (χ2v) is 7.24. The Bertz CT molecular complexity index is 670. The molecule has 0 fully saturated rings. The van der Waals surface area contributed by atoms with Gasteiger partial charge in [-0.25, -0.2) is 17.5 Å². The van der Waals surface area contributed by atoms with Crippen LogP contribution in [0.3, 0.4) is 0 Å². The van der Waals surface area contributed by atoms with E-state index in [4.69, 9.17) is 9.84 Å². The second-order valence-electron chi connectivity index (χ2n) is 5.59. The Morgan fingerprint density at radius 3 is 2.50 bits per heavy atom. The lowest BCUT2D eigenvalue weighted by molar-refractivity contribution is -0.137. The van der Waals surface area contributed by atoms with E-state index in [1.807, 2.05) is 0 Å². The second kappa shape index (κ2) is 6.62. The first kappa shape index (κ1) is 18.4. The molecule has 2 N–H and O–H groups in total. The van der Waals surface area contributed by atoms with Crippen molar-refractivity contribution in [2.24, 2.45) is 0 Å². The molecule has 0 saturated heterocycles. The van der Waals surface area contributed by atoms with E-state index in [-0.39, 0.29) is 29.1 Å². The van der Waals surface area contributed by atoms with Crippen molar-refractivity contribution in [2.45, 2.75) is 44.0 Å². The zero-order chi connectivity index (χ0) is 17.1. The van der Waals surface area contributed by atoms with Crippen molar-refractivity contribution in [3.8, 4) is 5.75 Å². The zero-order valence-electron chi connectivity index (χ0n) is 12.9. The first-order valence-electron chi connectivity index (χ1n) is 6.59. The van der Waals surface area contributed by atoms with Crippen LogP contribution in [0.2, 0.25) is 0 Å². The third kappa shape index (κ3) is 4.41. The van der Waals surface area contributed by atoms with Crippen LogP contribution < -0.4 is 9.46 Å². The number of carbonyl (C=O) groups is 1. The van der Waals surface area contributed by atoms with Crippen molar-refractivity contribution in [1.82, 2.24) is 4.72 Å². The summed E-state index contributed by atoms with van der Waals surface area (Å²) in [5.41, 5.74) is -1.03. The topological polar surface area (TPSA) is 92.7 Å². The Morgan fingerprint density at radius 2 is 2.00 bits per heavy atom. The summed E-state index contributed by atoms with van der Waals surface area (Å²) in [5, 5.41) is 8.69. The van der Waals surface area contributed by atoms with E-state index < -0.39 is 27.3 Å². The molecule has 1 aromatic rings. The number of nitrogens with one attached hydrogen (secondary N) is 1. The lowest BCUT2D eigenvalue weighted by Gasteiger charge is -2.26. The smallest absolute Gasteiger partial charge is 0.303 e. The molecule has 0 unspecified atom stereocenters. The third-order valence-corrected chi connectivity index (χ3v) is 5.03. The highest BCUT2D eigenvalue weighted by Gasteiger charge is 2.29. The van der Waals surface area contributed by atoms with Crippen LogP contribution in [0.1, 0.15) is 32.3 Å². The van der Waals surface area contributed by atoms with Gasteiger partial charge in [0.15, 0.2) is 11.6 Å². The van der Waals surface area contributed by atoms with Gasteiger partial charge < -0.3 is 9.84 Å². The van der Waals surface area contributed by atoms with E-state index in [0.717, 1.165) is 0 Å². The van der Waals surface area contributed by atoms with E-state index in [0.29, 0.717) is 0 Å². The predicted octanol–water partition coefficient (Wildman–Crippen LogP) is 2.06. The molecule has 0 amide bonds. The van der Waals surface area contributed by atoms with Crippen LogP contribution in [-0.2, 0) is 14.8 Å². The van der Waals surface area contributed by atoms with E-state index >= 15 is 0 Å². The summed E-state index contributed by atoms with van der Waals surface area (Å²) < 4.78 is 46.0. The number of aliphatic carboxylic acids is 1. The SMILES string of the molecule is COc1ccc(S(=O)(=O)NC(C)(C)CCC(=O)O)c(C)c1F. The van der Waals surface area contributed by atoms with Gasteiger partial charge in [0.1, 0.15) is 0 Å². The van der Waals surface area contributed by atoms with Gasteiger partial charge in [0, 0.05) is 17.5 Å². The minimum absolute atomic E-state index is 0.0402. The number of benzene rings is 1. The van der Waals surface area contributed by atoms with Crippen LogP contribution in [0.25, 0.3) is 0 Å². The van der Waals surface area contributed by atoms with E-state index in [9.17, 15) is 17.6 Å². The predicted molar refractivity (Wildman–Crippen MR) is 79.0 cm³/mol. The van der Waals surface area contributed by atoms with Gasteiger partial charge in [-0.05, 0) is 39.3 Å². The van der Waals surface area contributed by atoms with E-state index in [2.05, 4.69) is 4.72 Å². The Balaban J connectivity index is 3.10. The number of hydrogen-bond acceptors (Lipinski definition) is 4. The van der Waals surface area contributed by atoms with E-state index in [1.165, 1.54) is 26.2 Å². The Hall–Kier alpha value is -1.67. The summed E-state index contributed by atoms with van der Waals surface area (Å²) in [4.78, 5) is 10.4. The molecule has 0 atom stereocenters. The number of ether oxygens (including phenoxy) is 1. The van der Waals surface area contributed by atoms with Crippen LogP contribution >= 0.6 is 0 Å². The van der Waals surface area contributed by atoms with Gasteiger partial charge in [0.05, 0.1) is 12.0 Å². The zero-order valence-corrected chi connectivity index (χ0v) is 13.8. The molecule has 0 aliphatic carbocycles. The van der Waals surface area contributed by atoms with Crippen molar-refractivity contribution < 1.29 is 27.4 Å². The van der Waals surface area contributed by atoms with Crippen LogP contribution in [0, 0.1) is 12.7 Å². The molecule has 1 aromatic carbocycles. The van der Waals surface area contributed by atoms with Gasteiger partial charge in [0.2, 0.25) is 10.0 Å². The molecule has 124 valence electrons. The van der Waals surface area contributed by atoms with Gasteiger partial charge in [-0.1, -0.05) is 0 Å². The summed E-state index contributed by atoms with van der Waals surface area (Å²) in [6.07, 6.45) is -0.0648. The highest BCUT2D eigenvalue weighted by atomic mass is 32.2. The fraction of sp³-hybridized carbons (Fsp3) is 0.500. The van der Waals surface area contributed by atoms with Crippen molar-refractivity contribution in [2.75, 3.05) is 7.11 Å². The Labute approximate surface area is 129 Å². The maximum atomic E-state index is 14.0. The van der Waals surface area contributed by atoms with Gasteiger partial charge in [-0.2, -0.15) is 0 Å². The van der Waals surface area contributed by atoms with Gasteiger partial charge in [-0.15, -0.1) is 0 Å². The first-order chi connectivity index (χ1) is 10.00. The molecular weight excluding hydrogens is 313 g/mol. The molecule has 0 radical (unpaired) electrons. The molecule has 22 heavy (non-hydrogen) atoms. The van der Waals surface area contributed by atoms with Gasteiger partial charge in [0.25, 0.3) is 0 Å². The van der Waals surface area contributed by atoms with Crippen LogP contribution in [0.5, 0.6) is 5.75 Å². The van der Waals surface area contributed by atoms with Crippen LogP contribution in [-0.4, -0.2) is 32.1 Å². The number of carboxylic acids is 1. The number of hydrogen-bond donors (Lipinski definition) is 2.